The van der Waals surface area contributed by atoms with E-state index in [1.807, 2.05) is 6.07 Å². The molecule has 18 heavy (non-hydrogen) atoms. The van der Waals surface area contributed by atoms with E-state index >= 15 is 0 Å². The summed E-state index contributed by atoms with van der Waals surface area (Å²) < 4.78 is 0. The van der Waals surface area contributed by atoms with Crippen LogP contribution in [0.5, 0.6) is 0 Å². The van der Waals surface area contributed by atoms with Gasteiger partial charge in [-0.05, 0) is 12.1 Å². The summed E-state index contributed by atoms with van der Waals surface area (Å²) in [6.07, 6.45) is 0. The van der Waals surface area contributed by atoms with Gasteiger partial charge in [-0.25, -0.2) is 0 Å². The summed E-state index contributed by atoms with van der Waals surface area (Å²) in [6, 6.07) is 8.65. The van der Waals surface area contributed by atoms with Gasteiger partial charge in [0, 0.05) is 20.1 Å². The first-order valence-electron chi connectivity index (χ1n) is 5.80. The average molecular weight is 245 g/mol. The van der Waals surface area contributed by atoms with Crippen molar-refractivity contribution in [2.24, 2.45) is 0 Å². The molecule has 1 amide bonds. The summed E-state index contributed by atoms with van der Waals surface area (Å²) >= 11 is 0. The minimum atomic E-state index is -0.599. The van der Waals surface area contributed by atoms with Crippen LogP contribution in [0.3, 0.4) is 0 Å². The number of anilines is 1. The molecule has 1 saturated heterocycles. The Morgan fingerprint density at radius 3 is 2.83 bits per heavy atom. The summed E-state index contributed by atoms with van der Waals surface area (Å²) in [4.78, 5) is 15.4. The van der Waals surface area contributed by atoms with Gasteiger partial charge in [0.05, 0.1) is 17.9 Å². The topological polar surface area (TPSA) is 67.6 Å². The number of carbonyl (C=O) groups excluding carboxylic acids is 1. The highest BCUT2D eigenvalue weighted by Gasteiger charge is 2.33. The largest absolute Gasteiger partial charge is 0.394 e. The summed E-state index contributed by atoms with van der Waals surface area (Å²) in [5.74, 6) is -0.114. The second-order valence-electron chi connectivity index (χ2n) is 4.28. The third kappa shape index (κ3) is 2.03. The molecular weight excluding hydrogens is 230 g/mol. The van der Waals surface area contributed by atoms with Crippen LogP contribution < -0.4 is 4.90 Å². The van der Waals surface area contributed by atoms with E-state index in [1.54, 1.807) is 35.0 Å². The van der Waals surface area contributed by atoms with Crippen molar-refractivity contribution in [1.82, 2.24) is 4.90 Å². The van der Waals surface area contributed by atoms with Crippen LogP contribution >= 0.6 is 0 Å². The molecule has 1 atom stereocenters. The van der Waals surface area contributed by atoms with Crippen LogP contribution in [0.15, 0.2) is 24.3 Å². The van der Waals surface area contributed by atoms with Gasteiger partial charge in [-0.15, -0.1) is 0 Å². The lowest BCUT2D eigenvalue weighted by Gasteiger charge is -2.40. The molecule has 1 unspecified atom stereocenters. The van der Waals surface area contributed by atoms with Crippen molar-refractivity contribution in [3.8, 4) is 6.07 Å². The summed E-state index contributed by atoms with van der Waals surface area (Å²) in [7, 11) is 1.72. The Kier molecular flexibility index (Phi) is 3.49. The fraction of sp³-hybridized carbons (Fsp3) is 0.385. The van der Waals surface area contributed by atoms with Gasteiger partial charge in [-0.1, -0.05) is 12.1 Å². The lowest BCUT2D eigenvalue weighted by Crippen LogP contribution is -2.57. The first kappa shape index (κ1) is 12.4. The van der Waals surface area contributed by atoms with Crippen molar-refractivity contribution in [3.63, 3.8) is 0 Å². The number of rotatable bonds is 2. The monoisotopic (exact) mass is 245 g/mol. The summed E-state index contributed by atoms with van der Waals surface area (Å²) in [5, 5.41) is 18.5. The standard InChI is InChI=1S/C13H15N3O2/c1-15-6-7-16(12(9-17)13(15)18)11-5-3-2-4-10(11)8-14/h2-5,12,17H,6-7,9H2,1H3. The molecule has 5 nitrogen and oxygen atoms in total. The SMILES string of the molecule is CN1CCN(c2ccccc2C#N)C(CO)C1=O. The molecule has 1 N–H and O–H groups in total. The smallest absolute Gasteiger partial charge is 0.247 e. The maximum Gasteiger partial charge on any atom is 0.247 e. The molecule has 0 aromatic heterocycles. The molecule has 0 spiro atoms. The van der Waals surface area contributed by atoms with Crippen molar-refractivity contribution in [2.75, 3.05) is 31.6 Å². The van der Waals surface area contributed by atoms with Crippen LogP contribution in [0, 0.1) is 11.3 Å². The van der Waals surface area contributed by atoms with E-state index in [9.17, 15) is 9.90 Å². The normalized spacial score (nSPS) is 19.8. The minimum Gasteiger partial charge on any atom is -0.394 e. The molecule has 0 bridgehead atoms. The molecule has 0 radical (unpaired) electrons. The van der Waals surface area contributed by atoms with Crippen LogP contribution in [-0.4, -0.2) is 48.7 Å². The second kappa shape index (κ2) is 5.07. The van der Waals surface area contributed by atoms with Gasteiger partial charge >= 0.3 is 0 Å². The molecule has 1 aromatic carbocycles. The molecule has 0 saturated carbocycles. The Morgan fingerprint density at radius 1 is 1.44 bits per heavy atom. The van der Waals surface area contributed by atoms with Gasteiger partial charge in [0.15, 0.2) is 0 Å². The first-order chi connectivity index (χ1) is 8.69. The van der Waals surface area contributed by atoms with E-state index in [2.05, 4.69) is 6.07 Å². The number of amides is 1. The highest BCUT2D eigenvalue weighted by molar-refractivity contribution is 5.87. The molecule has 1 aliphatic rings. The van der Waals surface area contributed by atoms with Gasteiger partial charge in [-0.3, -0.25) is 4.79 Å². The van der Waals surface area contributed by atoms with E-state index < -0.39 is 6.04 Å². The average Bonchev–Trinajstić information content (AvgIpc) is 2.41. The van der Waals surface area contributed by atoms with Gasteiger partial charge < -0.3 is 14.9 Å². The summed E-state index contributed by atoms with van der Waals surface area (Å²) in [6.45, 7) is 0.962. The van der Waals surface area contributed by atoms with Gasteiger partial charge in [0.2, 0.25) is 5.91 Å². The van der Waals surface area contributed by atoms with Crippen molar-refractivity contribution in [1.29, 1.82) is 5.26 Å². The highest BCUT2D eigenvalue weighted by atomic mass is 16.3. The summed E-state index contributed by atoms with van der Waals surface area (Å²) in [5.41, 5.74) is 1.23. The zero-order chi connectivity index (χ0) is 13.1. The van der Waals surface area contributed by atoms with Gasteiger partial charge in [-0.2, -0.15) is 5.26 Å². The molecule has 1 aromatic rings. The first-order valence-corrected chi connectivity index (χ1v) is 5.80. The zero-order valence-electron chi connectivity index (χ0n) is 10.2. The Hall–Kier alpha value is -2.06. The predicted molar refractivity (Wildman–Crippen MR) is 67.0 cm³/mol. The molecule has 94 valence electrons. The van der Waals surface area contributed by atoms with Crippen LogP contribution in [0.1, 0.15) is 5.56 Å². The maximum atomic E-state index is 12.0. The number of piperazine rings is 1. The zero-order valence-corrected chi connectivity index (χ0v) is 10.2. The van der Waals surface area contributed by atoms with Crippen molar-refractivity contribution in [2.45, 2.75) is 6.04 Å². The minimum absolute atomic E-state index is 0.114. The second-order valence-corrected chi connectivity index (χ2v) is 4.28. The molecular formula is C13H15N3O2. The predicted octanol–water partition coefficient (Wildman–Crippen LogP) is 0.198. The van der Waals surface area contributed by atoms with Crippen molar-refractivity contribution >= 4 is 11.6 Å². The molecule has 5 heteroatoms. The number of para-hydroxylation sites is 1. The van der Waals surface area contributed by atoms with E-state index in [-0.39, 0.29) is 12.5 Å². The number of hydrogen-bond acceptors (Lipinski definition) is 4. The van der Waals surface area contributed by atoms with E-state index in [4.69, 9.17) is 5.26 Å². The van der Waals surface area contributed by atoms with E-state index in [0.717, 1.165) is 0 Å². The number of likely N-dealkylation sites (N-methyl/N-ethyl adjacent to an activating group) is 1. The Labute approximate surface area is 106 Å². The Morgan fingerprint density at radius 2 is 2.17 bits per heavy atom. The fourth-order valence-corrected chi connectivity index (χ4v) is 2.20. The lowest BCUT2D eigenvalue weighted by molar-refractivity contribution is -0.133. The van der Waals surface area contributed by atoms with Crippen LogP contribution in [-0.2, 0) is 4.79 Å². The number of hydrogen-bond donors (Lipinski definition) is 1. The number of benzene rings is 1. The number of nitriles is 1. The number of carbonyl (C=O) groups is 1. The number of aliphatic hydroxyl groups is 1. The highest BCUT2D eigenvalue weighted by Crippen LogP contribution is 2.24. The molecule has 1 fully saturated rings. The van der Waals surface area contributed by atoms with Crippen molar-refractivity contribution < 1.29 is 9.90 Å². The molecule has 1 aliphatic heterocycles. The molecule has 2 rings (SSSR count). The maximum absolute atomic E-state index is 12.0. The Bertz CT molecular complexity index is 495. The van der Waals surface area contributed by atoms with Crippen LogP contribution in [0.2, 0.25) is 0 Å². The van der Waals surface area contributed by atoms with E-state index in [0.29, 0.717) is 24.3 Å². The molecule has 0 aliphatic carbocycles. The van der Waals surface area contributed by atoms with E-state index in [1.165, 1.54) is 0 Å². The van der Waals surface area contributed by atoms with Crippen LogP contribution in [0.25, 0.3) is 0 Å². The fourth-order valence-electron chi connectivity index (χ4n) is 2.20. The van der Waals surface area contributed by atoms with Crippen molar-refractivity contribution in [3.05, 3.63) is 29.8 Å². The third-order valence-electron chi connectivity index (χ3n) is 3.22. The quantitative estimate of drug-likeness (QED) is 0.808. The number of nitrogens with zero attached hydrogens (tertiary/aromatic N) is 3. The Balaban J connectivity index is 2.38. The van der Waals surface area contributed by atoms with Gasteiger partial charge in [0.1, 0.15) is 12.1 Å². The molecule has 1 heterocycles. The van der Waals surface area contributed by atoms with Gasteiger partial charge in [0.25, 0.3) is 0 Å². The van der Waals surface area contributed by atoms with Crippen LogP contribution in [0.4, 0.5) is 5.69 Å². The number of aliphatic hydroxyl groups excluding tert-OH is 1. The lowest BCUT2D eigenvalue weighted by atomic mass is 10.1. The third-order valence-corrected chi connectivity index (χ3v) is 3.22.